The Bertz CT molecular complexity index is 1120. The Labute approximate surface area is 142 Å². The average Bonchev–Trinajstić information content (AvgIpc) is 3.24. The molecule has 0 saturated carbocycles. The summed E-state index contributed by atoms with van der Waals surface area (Å²) in [4.78, 5) is 16.1. The third kappa shape index (κ3) is 2.63. The van der Waals surface area contributed by atoms with Gasteiger partial charge in [0.1, 0.15) is 6.54 Å². The Balaban J connectivity index is 1.90. The summed E-state index contributed by atoms with van der Waals surface area (Å²) >= 11 is 0. The molecule has 4 aromatic rings. The second-order valence-electron chi connectivity index (χ2n) is 5.60. The van der Waals surface area contributed by atoms with Gasteiger partial charge in [0.15, 0.2) is 5.82 Å². The van der Waals surface area contributed by atoms with Gasteiger partial charge in [-0.3, -0.25) is 4.79 Å². The van der Waals surface area contributed by atoms with Gasteiger partial charge in [0.25, 0.3) is 5.56 Å². The van der Waals surface area contributed by atoms with E-state index in [-0.39, 0.29) is 12.1 Å². The molecule has 8 heteroatoms. The lowest BCUT2D eigenvalue weighted by molar-refractivity contribution is 0.406. The number of aromatic nitrogens is 6. The predicted octanol–water partition coefficient (Wildman–Crippen LogP) is 2.02. The minimum atomic E-state index is -0.248. The summed E-state index contributed by atoms with van der Waals surface area (Å²) in [5.74, 6) is 0.381. The summed E-state index contributed by atoms with van der Waals surface area (Å²) in [6.45, 7) is 6.02. The molecule has 4 heterocycles. The molecule has 0 aliphatic carbocycles. The lowest BCUT2D eigenvalue weighted by Gasteiger charge is -2.06. The van der Waals surface area contributed by atoms with Gasteiger partial charge in [-0.25, -0.2) is 9.20 Å². The highest BCUT2D eigenvalue weighted by molar-refractivity contribution is 5.87. The highest BCUT2D eigenvalue weighted by atomic mass is 16.5. The highest BCUT2D eigenvalue weighted by Gasteiger charge is 2.17. The van der Waals surface area contributed by atoms with Crippen molar-refractivity contribution in [3.8, 4) is 11.3 Å². The maximum Gasteiger partial charge on any atom is 0.267 e. The summed E-state index contributed by atoms with van der Waals surface area (Å²) < 4.78 is 7.78. The molecule has 0 aromatic carbocycles. The van der Waals surface area contributed by atoms with E-state index in [1.807, 2.05) is 31.3 Å². The molecule has 124 valence electrons. The smallest absolute Gasteiger partial charge is 0.267 e. The van der Waals surface area contributed by atoms with Crippen molar-refractivity contribution >= 4 is 11.1 Å². The second-order valence-corrected chi connectivity index (χ2v) is 5.60. The highest BCUT2D eigenvalue weighted by Crippen LogP contribution is 2.30. The minimum Gasteiger partial charge on any atom is -0.343 e. The first-order valence-corrected chi connectivity index (χ1v) is 7.60. The maximum atomic E-state index is 12.1. The van der Waals surface area contributed by atoms with Crippen LogP contribution < -0.4 is 5.56 Å². The normalized spacial score (nSPS) is 11.1. The van der Waals surface area contributed by atoms with Crippen molar-refractivity contribution < 1.29 is 4.52 Å². The van der Waals surface area contributed by atoms with Gasteiger partial charge in [0, 0.05) is 12.3 Å². The molecule has 0 radical (unpaired) electrons. The van der Waals surface area contributed by atoms with E-state index in [9.17, 15) is 4.79 Å². The molecule has 0 fully saturated rings. The summed E-state index contributed by atoms with van der Waals surface area (Å²) in [6, 6.07) is 8.93. The number of pyridine rings is 1. The van der Waals surface area contributed by atoms with Crippen LogP contribution in [0.1, 0.15) is 18.4 Å². The zero-order valence-corrected chi connectivity index (χ0v) is 13.5. The summed E-state index contributed by atoms with van der Waals surface area (Å²) in [5, 5.41) is 12.8. The molecular weight excluding hydrogens is 320 g/mol. The second kappa shape index (κ2) is 5.82. The largest absolute Gasteiger partial charge is 0.343 e. The third-order valence-electron chi connectivity index (χ3n) is 3.77. The molecule has 0 N–H and O–H groups in total. The van der Waals surface area contributed by atoms with E-state index >= 15 is 0 Å². The maximum absolute atomic E-state index is 12.1. The molecule has 0 bridgehead atoms. The number of hydrogen-bond acceptors (Lipinski definition) is 6. The van der Waals surface area contributed by atoms with Crippen LogP contribution >= 0.6 is 0 Å². The molecule has 0 amide bonds. The Hall–Kier alpha value is -3.55. The first-order valence-electron chi connectivity index (χ1n) is 7.60. The van der Waals surface area contributed by atoms with E-state index in [0.29, 0.717) is 11.5 Å². The number of rotatable bonds is 4. The Kier molecular flexibility index (Phi) is 3.50. The fourth-order valence-electron chi connectivity index (χ4n) is 2.64. The molecular formula is C17H14N6O2. The van der Waals surface area contributed by atoms with Crippen molar-refractivity contribution in [2.24, 2.45) is 0 Å². The average molecular weight is 334 g/mol. The molecule has 8 nitrogen and oxygen atoms in total. The van der Waals surface area contributed by atoms with E-state index < -0.39 is 0 Å². The first kappa shape index (κ1) is 15.0. The van der Waals surface area contributed by atoms with Crippen LogP contribution in [-0.2, 0) is 6.54 Å². The van der Waals surface area contributed by atoms with Crippen molar-refractivity contribution in [3.05, 3.63) is 71.4 Å². The quantitative estimate of drug-likeness (QED) is 0.567. The molecule has 4 rings (SSSR count). The van der Waals surface area contributed by atoms with Crippen LogP contribution in [0.3, 0.4) is 0 Å². The fraction of sp³-hybridized carbons (Fsp3) is 0.118. The van der Waals surface area contributed by atoms with Crippen molar-refractivity contribution in [1.82, 2.24) is 29.5 Å². The third-order valence-corrected chi connectivity index (χ3v) is 3.77. The van der Waals surface area contributed by atoms with Gasteiger partial charge < -0.3 is 4.52 Å². The molecule has 4 aromatic heterocycles. The van der Waals surface area contributed by atoms with Gasteiger partial charge in [-0.1, -0.05) is 17.8 Å². The fourth-order valence-corrected chi connectivity index (χ4v) is 2.64. The Morgan fingerprint density at radius 2 is 2.12 bits per heavy atom. The first-order chi connectivity index (χ1) is 12.1. The van der Waals surface area contributed by atoms with Gasteiger partial charge in [-0.15, -0.1) is 0 Å². The van der Waals surface area contributed by atoms with Crippen molar-refractivity contribution in [2.45, 2.75) is 13.5 Å². The van der Waals surface area contributed by atoms with E-state index in [2.05, 4.69) is 26.9 Å². The number of allylic oxidation sites excluding steroid dienone is 1. The standard InChI is InChI=1S/C17H14N6O2/c1-11(2)17-16(13-5-3-4-8-22(13)20-17)12-6-7-15(24)23(19-12)9-14-18-10-25-21-14/h3-8,10H,1,9H2,2H3. The van der Waals surface area contributed by atoms with Gasteiger partial charge >= 0.3 is 0 Å². The monoisotopic (exact) mass is 334 g/mol. The summed E-state index contributed by atoms with van der Waals surface area (Å²) in [5.41, 5.74) is 3.65. The van der Waals surface area contributed by atoms with Crippen LogP contribution in [-0.4, -0.2) is 29.5 Å². The van der Waals surface area contributed by atoms with E-state index in [4.69, 9.17) is 4.52 Å². The molecule has 0 spiro atoms. The van der Waals surface area contributed by atoms with Gasteiger partial charge in [0.2, 0.25) is 6.39 Å². The molecule has 25 heavy (non-hydrogen) atoms. The van der Waals surface area contributed by atoms with Crippen LogP contribution in [0.2, 0.25) is 0 Å². The molecule has 0 aliphatic heterocycles. The predicted molar refractivity (Wildman–Crippen MR) is 90.8 cm³/mol. The van der Waals surface area contributed by atoms with Gasteiger partial charge in [0.05, 0.1) is 22.5 Å². The van der Waals surface area contributed by atoms with E-state index in [1.54, 1.807) is 10.6 Å². The van der Waals surface area contributed by atoms with Crippen molar-refractivity contribution in [1.29, 1.82) is 0 Å². The Morgan fingerprint density at radius 1 is 1.24 bits per heavy atom. The SMILES string of the molecule is C=C(C)c1nn2ccccc2c1-c1ccc(=O)n(Cc2ncon2)n1. The number of fused-ring (bicyclic) bond motifs is 1. The van der Waals surface area contributed by atoms with Gasteiger partial charge in [-0.2, -0.15) is 15.2 Å². The molecule has 0 unspecified atom stereocenters. The topological polar surface area (TPSA) is 91.1 Å². The van der Waals surface area contributed by atoms with Crippen LogP contribution in [0, 0.1) is 0 Å². The van der Waals surface area contributed by atoms with Gasteiger partial charge in [-0.05, 0) is 30.7 Å². The molecule has 0 saturated heterocycles. The molecule has 0 aliphatic rings. The lowest BCUT2D eigenvalue weighted by atomic mass is 10.1. The van der Waals surface area contributed by atoms with E-state index in [1.165, 1.54) is 17.1 Å². The van der Waals surface area contributed by atoms with Crippen LogP contribution in [0.25, 0.3) is 22.3 Å². The number of nitrogens with zero attached hydrogens (tertiary/aromatic N) is 6. The Morgan fingerprint density at radius 3 is 2.88 bits per heavy atom. The zero-order chi connectivity index (χ0) is 17.4. The van der Waals surface area contributed by atoms with Crippen LogP contribution in [0.15, 0.2) is 58.8 Å². The van der Waals surface area contributed by atoms with Crippen molar-refractivity contribution in [2.75, 3.05) is 0 Å². The summed E-state index contributed by atoms with van der Waals surface area (Å²) in [6.07, 6.45) is 3.08. The van der Waals surface area contributed by atoms with E-state index in [0.717, 1.165) is 22.3 Å². The van der Waals surface area contributed by atoms with Crippen LogP contribution in [0.5, 0.6) is 0 Å². The van der Waals surface area contributed by atoms with Crippen molar-refractivity contribution in [3.63, 3.8) is 0 Å². The number of hydrogen-bond donors (Lipinski definition) is 0. The van der Waals surface area contributed by atoms with Crippen LogP contribution in [0.4, 0.5) is 0 Å². The summed E-state index contributed by atoms with van der Waals surface area (Å²) in [7, 11) is 0. The molecule has 0 atom stereocenters. The zero-order valence-electron chi connectivity index (χ0n) is 13.5. The lowest BCUT2D eigenvalue weighted by Crippen LogP contribution is -2.23. The minimum absolute atomic E-state index is 0.130.